The van der Waals surface area contributed by atoms with Gasteiger partial charge in [-0.3, -0.25) is 0 Å². The van der Waals surface area contributed by atoms with E-state index in [1.54, 1.807) is 0 Å². The Labute approximate surface area is 136 Å². The maximum absolute atomic E-state index is 4.87. The van der Waals surface area contributed by atoms with Crippen LogP contribution in [0.15, 0.2) is 30.3 Å². The fourth-order valence-electron chi connectivity index (χ4n) is 2.00. The standard InChI is InChI=1S/C17H24N2S2/c1-4-10-20-12-16-19-15(11-18-13(2)3)17(21-16)14-8-6-5-7-9-14/h5-9,13,18H,4,10-12H2,1-3H3. The zero-order valence-corrected chi connectivity index (χ0v) is 14.7. The summed E-state index contributed by atoms with van der Waals surface area (Å²) >= 11 is 3.82. The number of thiazole rings is 1. The van der Waals surface area contributed by atoms with Gasteiger partial charge in [-0.1, -0.05) is 51.1 Å². The molecule has 2 aromatic rings. The summed E-state index contributed by atoms with van der Waals surface area (Å²) in [6.45, 7) is 7.41. The summed E-state index contributed by atoms with van der Waals surface area (Å²) < 4.78 is 0. The number of hydrogen-bond acceptors (Lipinski definition) is 4. The molecule has 2 rings (SSSR count). The van der Waals surface area contributed by atoms with E-state index in [-0.39, 0.29) is 0 Å². The molecule has 1 aromatic heterocycles. The quantitative estimate of drug-likeness (QED) is 0.697. The lowest BCUT2D eigenvalue weighted by atomic mass is 10.1. The fourth-order valence-corrected chi connectivity index (χ4v) is 4.04. The molecule has 114 valence electrons. The summed E-state index contributed by atoms with van der Waals surface area (Å²) in [7, 11) is 0. The number of benzene rings is 1. The second-order valence-corrected chi connectivity index (χ2v) is 7.53. The van der Waals surface area contributed by atoms with Crippen LogP contribution in [0.25, 0.3) is 10.4 Å². The van der Waals surface area contributed by atoms with Crippen molar-refractivity contribution in [3.63, 3.8) is 0 Å². The van der Waals surface area contributed by atoms with Crippen molar-refractivity contribution in [3.8, 4) is 10.4 Å². The van der Waals surface area contributed by atoms with Gasteiger partial charge < -0.3 is 5.32 Å². The van der Waals surface area contributed by atoms with E-state index in [1.807, 2.05) is 23.1 Å². The normalized spacial score (nSPS) is 11.2. The van der Waals surface area contributed by atoms with Gasteiger partial charge in [0.1, 0.15) is 5.01 Å². The Morgan fingerprint density at radius 3 is 2.67 bits per heavy atom. The molecule has 21 heavy (non-hydrogen) atoms. The molecule has 0 atom stereocenters. The van der Waals surface area contributed by atoms with Gasteiger partial charge in [-0.25, -0.2) is 4.98 Å². The zero-order chi connectivity index (χ0) is 15.1. The van der Waals surface area contributed by atoms with Crippen molar-refractivity contribution in [3.05, 3.63) is 41.0 Å². The first-order chi connectivity index (χ1) is 10.2. The van der Waals surface area contributed by atoms with E-state index in [1.165, 1.54) is 33.3 Å². The minimum absolute atomic E-state index is 0.480. The second-order valence-electron chi connectivity index (χ2n) is 5.34. The molecular formula is C17H24N2S2. The van der Waals surface area contributed by atoms with Gasteiger partial charge >= 0.3 is 0 Å². The minimum atomic E-state index is 0.480. The lowest BCUT2D eigenvalue weighted by molar-refractivity contribution is 0.583. The van der Waals surface area contributed by atoms with Crippen LogP contribution in [0.1, 0.15) is 37.9 Å². The van der Waals surface area contributed by atoms with Crippen LogP contribution < -0.4 is 5.32 Å². The summed E-state index contributed by atoms with van der Waals surface area (Å²) in [6.07, 6.45) is 1.23. The number of hydrogen-bond donors (Lipinski definition) is 1. The Hall–Kier alpha value is -0.840. The molecule has 0 bridgehead atoms. The van der Waals surface area contributed by atoms with Crippen molar-refractivity contribution in [1.29, 1.82) is 0 Å². The zero-order valence-electron chi connectivity index (χ0n) is 13.1. The number of rotatable bonds is 8. The SMILES string of the molecule is CCCSCc1nc(CNC(C)C)c(-c2ccccc2)s1. The van der Waals surface area contributed by atoms with Gasteiger partial charge in [-0.2, -0.15) is 11.8 Å². The highest BCUT2D eigenvalue weighted by atomic mass is 32.2. The molecule has 0 aliphatic heterocycles. The highest BCUT2D eigenvalue weighted by Gasteiger charge is 2.13. The first kappa shape index (κ1) is 16.5. The van der Waals surface area contributed by atoms with Gasteiger partial charge in [0.2, 0.25) is 0 Å². The number of nitrogens with one attached hydrogen (secondary N) is 1. The molecule has 4 heteroatoms. The Kier molecular flexibility index (Phi) is 6.74. The van der Waals surface area contributed by atoms with Crippen LogP contribution in [0.3, 0.4) is 0 Å². The summed E-state index contributed by atoms with van der Waals surface area (Å²) in [5.74, 6) is 2.24. The first-order valence-electron chi connectivity index (χ1n) is 7.55. The third-order valence-electron chi connectivity index (χ3n) is 3.03. The van der Waals surface area contributed by atoms with Crippen LogP contribution in [0, 0.1) is 0 Å². The van der Waals surface area contributed by atoms with Crippen LogP contribution in [-0.4, -0.2) is 16.8 Å². The number of nitrogens with zero attached hydrogens (tertiary/aromatic N) is 1. The molecule has 0 saturated heterocycles. The molecule has 0 radical (unpaired) electrons. The van der Waals surface area contributed by atoms with E-state index in [0.717, 1.165) is 12.3 Å². The Morgan fingerprint density at radius 1 is 1.24 bits per heavy atom. The molecule has 2 nitrogen and oxygen atoms in total. The summed E-state index contributed by atoms with van der Waals surface area (Å²) in [4.78, 5) is 6.18. The predicted octanol–water partition coefficient (Wildman–Crippen LogP) is 4.95. The summed E-state index contributed by atoms with van der Waals surface area (Å²) in [5.41, 5.74) is 2.47. The lowest BCUT2D eigenvalue weighted by Gasteiger charge is -2.07. The maximum atomic E-state index is 4.87. The molecule has 0 spiro atoms. The van der Waals surface area contributed by atoms with Crippen LogP contribution in [-0.2, 0) is 12.3 Å². The Morgan fingerprint density at radius 2 is 2.00 bits per heavy atom. The average Bonchev–Trinajstić information content (AvgIpc) is 2.89. The minimum Gasteiger partial charge on any atom is -0.309 e. The molecule has 0 unspecified atom stereocenters. The van der Waals surface area contributed by atoms with E-state index in [4.69, 9.17) is 4.98 Å². The smallest absolute Gasteiger partial charge is 0.103 e. The van der Waals surface area contributed by atoms with Gasteiger partial charge in [0.25, 0.3) is 0 Å². The molecule has 0 aliphatic carbocycles. The monoisotopic (exact) mass is 320 g/mol. The molecule has 1 N–H and O–H groups in total. The summed E-state index contributed by atoms with van der Waals surface area (Å²) in [6, 6.07) is 11.1. The van der Waals surface area contributed by atoms with Gasteiger partial charge in [0.15, 0.2) is 0 Å². The Bertz CT molecular complexity index is 535. The van der Waals surface area contributed by atoms with Gasteiger partial charge in [-0.15, -0.1) is 11.3 Å². The van der Waals surface area contributed by atoms with E-state index in [9.17, 15) is 0 Å². The van der Waals surface area contributed by atoms with Crippen molar-refractivity contribution in [2.75, 3.05) is 5.75 Å². The molecule has 0 saturated carbocycles. The van der Waals surface area contributed by atoms with Crippen molar-refractivity contribution in [2.24, 2.45) is 0 Å². The van der Waals surface area contributed by atoms with Crippen LogP contribution in [0.4, 0.5) is 0 Å². The van der Waals surface area contributed by atoms with Crippen LogP contribution in [0.2, 0.25) is 0 Å². The molecule has 1 aromatic carbocycles. The van der Waals surface area contributed by atoms with Gasteiger partial charge in [0, 0.05) is 18.3 Å². The molecule has 0 amide bonds. The largest absolute Gasteiger partial charge is 0.309 e. The molecule has 1 heterocycles. The molecular weight excluding hydrogens is 296 g/mol. The predicted molar refractivity (Wildman–Crippen MR) is 96.0 cm³/mol. The highest BCUT2D eigenvalue weighted by molar-refractivity contribution is 7.98. The van der Waals surface area contributed by atoms with E-state index < -0.39 is 0 Å². The van der Waals surface area contributed by atoms with E-state index in [2.05, 4.69) is 56.4 Å². The maximum Gasteiger partial charge on any atom is 0.103 e. The van der Waals surface area contributed by atoms with E-state index in [0.29, 0.717) is 6.04 Å². The number of aromatic nitrogens is 1. The van der Waals surface area contributed by atoms with Crippen molar-refractivity contribution >= 4 is 23.1 Å². The van der Waals surface area contributed by atoms with Crippen LogP contribution >= 0.6 is 23.1 Å². The highest BCUT2D eigenvalue weighted by Crippen LogP contribution is 2.32. The van der Waals surface area contributed by atoms with E-state index >= 15 is 0 Å². The van der Waals surface area contributed by atoms with Gasteiger partial charge in [0.05, 0.1) is 10.6 Å². The van der Waals surface area contributed by atoms with Crippen LogP contribution in [0.5, 0.6) is 0 Å². The third kappa shape index (κ3) is 5.13. The van der Waals surface area contributed by atoms with Gasteiger partial charge in [-0.05, 0) is 17.7 Å². The van der Waals surface area contributed by atoms with Crippen molar-refractivity contribution in [2.45, 2.75) is 45.5 Å². The topological polar surface area (TPSA) is 24.9 Å². The average molecular weight is 321 g/mol. The molecule has 0 aliphatic rings. The lowest BCUT2D eigenvalue weighted by Crippen LogP contribution is -2.22. The number of thioether (sulfide) groups is 1. The molecule has 0 fully saturated rings. The second kappa shape index (κ2) is 8.57. The fraction of sp³-hybridized carbons (Fsp3) is 0.471. The third-order valence-corrected chi connectivity index (χ3v) is 5.53. The Balaban J connectivity index is 2.19. The van der Waals surface area contributed by atoms with Crippen molar-refractivity contribution in [1.82, 2.24) is 10.3 Å². The first-order valence-corrected chi connectivity index (χ1v) is 9.53. The summed E-state index contributed by atoms with van der Waals surface area (Å²) in [5, 5.41) is 4.73. The van der Waals surface area contributed by atoms with Crippen molar-refractivity contribution < 1.29 is 0 Å².